The third kappa shape index (κ3) is 3.88. The van der Waals surface area contributed by atoms with E-state index in [-0.39, 0.29) is 11.2 Å². The third-order valence-electron chi connectivity index (χ3n) is 2.52. The van der Waals surface area contributed by atoms with Gasteiger partial charge in [-0.05, 0) is 31.2 Å². The number of hydrogen-bond donors (Lipinski definition) is 1. The van der Waals surface area contributed by atoms with Crippen molar-refractivity contribution in [3.05, 3.63) is 52.6 Å². The molecule has 0 radical (unpaired) electrons. The van der Waals surface area contributed by atoms with Gasteiger partial charge < -0.3 is 5.32 Å². The molecule has 0 aliphatic rings. The zero-order valence-corrected chi connectivity index (χ0v) is 13.0. The first-order valence-corrected chi connectivity index (χ1v) is 7.54. The molecule has 1 aromatic carbocycles. The van der Waals surface area contributed by atoms with Crippen molar-refractivity contribution in [3.8, 4) is 0 Å². The number of amides is 1. The lowest BCUT2D eigenvalue weighted by atomic mass is 10.3. The highest BCUT2D eigenvalue weighted by atomic mass is 35.5. The lowest BCUT2D eigenvalue weighted by Gasteiger charge is -2.13. The van der Waals surface area contributed by atoms with Crippen LogP contribution in [0.1, 0.15) is 6.92 Å². The molecular weight excluding hydrogens is 315 g/mol. The smallest absolute Gasteiger partial charge is 0.237 e. The Morgan fingerprint density at radius 2 is 1.90 bits per heavy atom. The molecule has 2 aromatic rings. The number of carbonyl (C=O) groups excluding carboxylic acids is 1. The van der Waals surface area contributed by atoms with Crippen LogP contribution >= 0.6 is 35.0 Å². The van der Waals surface area contributed by atoms with E-state index in [9.17, 15) is 4.79 Å². The van der Waals surface area contributed by atoms with Gasteiger partial charge in [-0.15, -0.1) is 0 Å². The second-order valence-corrected chi connectivity index (χ2v) is 6.19. The highest BCUT2D eigenvalue weighted by molar-refractivity contribution is 8.00. The van der Waals surface area contributed by atoms with Gasteiger partial charge in [0.2, 0.25) is 5.91 Å². The van der Waals surface area contributed by atoms with Crippen molar-refractivity contribution < 1.29 is 4.79 Å². The van der Waals surface area contributed by atoms with Gasteiger partial charge in [0.25, 0.3) is 0 Å². The molecule has 20 heavy (non-hydrogen) atoms. The Morgan fingerprint density at radius 3 is 2.50 bits per heavy atom. The minimum Gasteiger partial charge on any atom is -0.323 e. The maximum absolute atomic E-state index is 12.1. The topological polar surface area (TPSA) is 42.0 Å². The summed E-state index contributed by atoms with van der Waals surface area (Å²) >= 11 is 13.4. The van der Waals surface area contributed by atoms with Crippen molar-refractivity contribution in [3.63, 3.8) is 0 Å². The first-order valence-electron chi connectivity index (χ1n) is 5.90. The van der Waals surface area contributed by atoms with Gasteiger partial charge in [0.15, 0.2) is 0 Å². The Morgan fingerprint density at radius 1 is 1.20 bits per heavy atom. The lowest BCUT2D eigenvalue weighted by molar-refractivity contribution is -0.115. The van der Waals surface area contributed by atoms with E-state index in [1.165, 1.54) is 11.8 Å². The number of benzene rings is 1. The van der Waals surface area contributed by atoms with Crippen LogP contribution in [0.2, 0.25) is 10.0 Å². The summed E-state index contributed by atoms with van der Waals surface area (Å²) in [5.41, 5.74) is 0.439. The maximum Gasteiger partial charge on any atom is 0.237 e. The number of nitrogens with one attached hydrogen (secondary N) is 1. The summed E-state index contributed by atoms with van der Waals surface area (Å²) in [7, 11) is 0. The van der Waals surface area contributed by atoms with Gasteiger partial charge in [-0.3, -0.25) is 4.79 Å². The quantitative estimate of drug-likeness (QED) is 0.840. The zero-order chi connectivity index (χ0) is 14.5. The molecule has 0 aliphatic carbocycles. The fourth-order valence-corrected chi connectivity index (χ4v) is 2.79. The molecule has 0 saturated carbocycles. The Labute approximate surface area is 131 Å². The van der Waals surface area contributed by atoms with Gasteiger partial charge in [0.05, 0.1) is 26.0 Å². The monoisotopic (exact) mass is 326 g/mol. The van der Waals surface area contributed by atoms with Crippen molar-refractivity contribution in [1.82, 2.24) is 4.98 Å². The summed E-state index contributed by atoms with van der Waals surface area (Å²) in [6.45, 7) is 1.80. The van der Waals surface area contributed by atoms with E-state index in [0.717, 1.165) is 5.03 Å². The average molecular weight is 327 g/mol. The summed E-state index contributed by atoms with van der Waals surface area (Å²) in [6.07, 6.45) is 1.69. The van der Waals surface area contributed by atoms with Crippen molar-refractivity contribution >= 4 is 46.6 Å². The average Bonchev–Trinajstić information content (AvgIpc) is 2.44. The molecule has 104 valence electrons. The van der Waals surface area contributed by atoms with E-state index < -0.39 is 0 Å². The Hall–Kier alpha value is -1.23. The fraction of sp³-hybridized carbons (Fsp3) is 0.143. The number of carbonyl (C=O) groups is 1. The van der Waals surface area contributed by atoms with Crippen LogP contribution in [0.3, 0.4) is 0 Å². The molecule has 0 fully saturated rings. The molecule has 2 rings (SSSR count). The second-order valence-electron chi connectivity index (χ2n) is 4.01. The van der Waals surface area contributed by atoms with E-state index >= 15 is 0 Å². The predicted octanol–water partition coefficient (Wildman–Crippen LogP) is 4.51. The minimum absolute atomic E-state index is 0.171. The van der Waals surface area contributed by atoms with Crippen molar-refractivity contribution in [1.29, 1.82) is 0 Å². The number of pyridine rings is 1. The SMILES string of the molecule is CC(Sc1ccccn1)C(=O)Nc1c(Cl)cccc1Cl. The van der Waals surface area contributed by atoms with Crippen LogP contribution in [0.25, 0.3) is 0 Å². The molecule has 1 N–H and O–H groups in total. The molecule has 3 nitrogen and oxygen atoms in total. The molecule has 1 unspecified atom stereocenters. The molecule has 0 bridgehead atoms. The minimum atomic E-state index is -0.308. The van der Waals surface area contributed by atoms with Gasteiger partial charge in [0, 0.05) is 6.20 Å². The highest BCUT2D eigenvalue weighted by Crippen LogP contribution is 2.31. The van der Waals surface area contributed by atoms with Gasteiger partial charge in [-0.1, -0.05) is 47.1 Å². The second kappa shape index (κ2) is 6.97. The molecule has 1 heterocycles. The largest absolute Gasteiger partial charge is 0.323 e. The Kier molecular flexibility index (Phi) is 5.29. The van der Waals surface area contributed by atoms with Crippen LogP contribution in [-0.2, 0) is 4.79 Å². The molecule has 0 aliphatic heterocycles. The van der Waals surface area contributed by atoms with Crippen molar-refractivity contribution in [2.24, 2.45) is 0 Å². The summed E-state index contributed by atoms with van der Waals surface area (Å²) in [4.78, 5) is 16.3. The summed E-state index contributed by atoms with van der Waals surface area (Å²) in [6, 6.07) is 10.7. The van der Waals surface area contributed by atoms with Crippen LogP contribution in [-0.4, -0.2) is 16.1 Å². The fourth-order valence-electron chi connectivity index (χ4n) is 1.49. The zero-order valence-electron chi connectivity index (χ0n) is 10.6. The van der Waals surface area contributed by atoms with E-state index in [4.69, 9.17) is 23.2 Å². The molecule has 6 heteroatoms. The molecule has 1 aromatic heterocycles. The van der Waals surface area contributed by atoms with Crippen LogP contribution in [0, 0.1) is 0 Å². The number of rotatable bonds is 4. The summed E-state index contributed by atoms with van der Waals surface area (Å²) in [5, 5.41) is 4.07. The highest BCUT2D eigenvalue weighted by Gasteiger charge is 2.17. The van der Waals surface area contributed by atoms with Gasteiger partial charge in [-0.2, -0.15) is 0 Å². The number of hydrogen-bond acceptors (Lipinski definition) is 3. The van der Waals surface area contributed by atoms with Gasteiger partial charge >= 0.3 is 0 Å². The molecular formula is C14H12Cl2N2OS. The molecule has 0 saturated heterocycles. The number of thioether (sulfide) groups is 1. The van der Waals surface area contributed by atoms with Crippen LogP contribution in [0.4, 0.5) is 5.69 Å². The van der Waals surface area contributed by atoms with Crippen molar-refractivity contribution in [2.75, 3.05) is 5.32 Å². The van der Waals surface area contributed by atoms with E-state index in [1.807, 2.05) is 18.2 Å². The van der Waals surface area contributed by atoms with Crippen LogP contribution in [0.5, 0.6) is 0 Å². The molecule has 1 amide bonds. The summed E-state index contributed by atoms with van der Waals surface area (Å²) in [5.74, 6) is -0.171. The number of anilines is 1. The van der Waals surface area contributed by atoms with Gasteiger partial charge in [-0.25, -0.2) is 4.98 Å². The standard InChI is InChI=1S/C14H12Cl2N2OS/c1-9(20-12-7-2-3-8-17-12)14(19)18-13-10(15)5-4-6-11(13)16/h2-9H,1H3,(H,18,19). The molecule has 1 atom stereocenters. The predicted molar refractivity (Wildman–Crippen MR) is 84.6 cm³/mol. The summed E-state index contributed by atoms with van der Waals surface area (Å²) < 4.78 is 0. The Balaban J connectivity index is 2.05. The van der Waals surface area contributed by atoms with Crippen molar-refractivity contribution in [2.45, 2.75) is 17.2 Å². The number of aromatic nitrogens is 1. The maximum atomic E-state index is 12.1. The number of para-hydroxylation sites is 1. The van der Waals surface area contributed by atoms with Crippen LogP contribution in [0.15, 0.2) is 47.6 Å². The normalized spacial score (nSPS) is 11.9. The first-order chi connectivity index (χ1) is 9.58. The van der Waals surface area contributed by atoms with E-state index in [1.54, 1.807) is 31.3 Å². The molecule has 0 spiro atoms. The van der Waals surface area contributed by atoms with Crippen LogP contribution < -0.4 is 5.32 Å². The Bertz CT molecular complexity index is 587. The van der Waals surface area contributed by atoms with E-state index in [2.05, 4.69) is 10.3 Å². The number of halogens is 2. The lowest BCUT2D eigenvalue weighted by Crippen LogP contribution is -2.22. The number of nitrogens with zero attached hydrogens (tertiary/aromatic N) is 1. The first kappa shape index (κ1) is 15.2. The third-order valence-corrected chi connectivity index (χ3v) is 4.20. The van der Waals surface area contributed by atoms with Gasteiger partial charge in [0.1, 0.15) is 0 Å². The van der Waals surface area contributed by atoms with E-state index in [0.29, 0.717) is 15.7 Å².